The number of fused-ring (bicyclic) bond motifs is 1. The second-order valence-corrected chi connectivity index (χ2v) is 8.03. The van der Waals surface area contributed by atoms with Crippen LogP contribution in [0.5, 0.6) is 5.75 Å². The molecular formula is C22H29N5O4. The molecule has 0 fully saturated rings. The Labute approximate surface area is 179 Å². The highest BCUT2D eigenvalue weighted by molar-refractivity contribution is 5.92. The number of carbonyl (C=O) groups is 1. The summed E-state index contributed by atoms with van der Waals surface area (Å²) in [6.45, 7) is 7.10. The minimum atomic E-state index is -0.469. The van der Waals surface area contributed by atoms with E-state index in [0.717, 1.165) is 12.8 Å². The van der Waals surface area contributed by atoms with Crippen molar-refractivity contribution >= 4 is 22.8 Å². The van der Waals surface area contributed by atoms with Gasteiger partial charge >= 0.3 is 5.69 Å². The molecule has 0 saturated heterocycles. The fourth-order valence-corrected chi connectivity index (χ4v) is 3.51. The van der Waals surface area contributed by atoms with Crippen molar-refractivity contribution in [2.75, 3.05) is 5.32 Å². The van der Waals surface area contributed by atoms with E-state index in [1.165, 1.54) is 10.6 Å². The number of amides is 1. The minimum Gasteiger partial charge on any atom is -0.506 e. The Morgan fingerprint density at radius 3 is 2.65 bits per heavy atom. The number of para-hydroxylation sites is 2. The number of aromatic nitrogens is 4. The van der Waals surface area contributed by atoms with E-state index in [-0.39, 0.29) is 24.0 Å². The first-order valence-corrected chi connectivity index (χ1v) is 10.6. The number of nitrogens with one attached hydrogen (secondary N) is 2. The fraction of sp³-hybridized carbons (Fsp3) is 0.455. The molecule has 31 heavy (non-hydrogen) atoms. The van der Waals surface area contributed by atoms with Crippen LogP contribution in [0.15, 0.2) is 33.9 Å². The third-order valence-electron chi connectivity index (χ3n) is 5.00. The first-order chi connectivity index (χ1) is 14.8. The fourth-order valence-electron chi connectivity index (χ4n) is 3.51. The van der Waals surface area contributed by atoms with E-state index in [4.69, 9.17) is 0 Å². The number of H-pyrrole nitrogens is 1. The molecule has 0 spiro atoms. The van der Waals surface area contributed by atoms with Crippen LogP contribution in [0.1, 0.15) is 45.9 Å². The highest BCUT2D eigenvalue weighted by Gasteiger charge is 2.20. The zero-order chi connectivity index (χ0) is 22.5. The molecule has 0 bridgehead atoms. The van der Waals surface area contributed by atoms with E-state index >= 15 is 0 Å². The molecule has 3 N–H and O–H groups in total. The SMILES string of the molecule is CCCCn1c(=O)[nH]c(=O)c2c1nc(CCC(=O)Nc1ccccc1O)n2CC(C)C. The molecule has 0 aliphatic heterocycles. The van der Waals surface area contributed by atoms with Gasteiger partial charge in [-0.25, -0.2) is 9.78 Å². The lowest BCUT2D eigenvalue weighted by Crippen LogP contribution is -2.31. The van der Waals surface area contributed by atoms with Crippen LogP contribution in [0, 0.1) is 5.92 Å². The summed E-state index contributed by atoms with van der Waals surface area (Å²) in [7, 11) is 0. The first kappa shape index (κ1) is 22.3. The number of aromatic amines is 1. The van der Waals surface area contributed by atoms with Crippen LogP contribution in [0.3, 0.4) is 0 Å². The Bertz CT molecular complexity index is 1190. The molecule has 0 radical (unpaired) electrons. The Morgan fingerprint density at radius 1 is 1.23 bits per heavy atom. The molecule has 9 heteroatoms. The predicted octanol–water partition coefficient (Wildman–Crippen LogP) is 2.62. The molecule has 3 aromatic rings. The van der Waals surface area contributed by atoms with E-state index in [2.05, 4.69) is 15.3 Å². The molecule has 3 rings (SSSR count). The standard InChI is InChI=1S/C22H29N5O4/c1-4-5-12-26-20-19(21(30)25-22(26)31)27(13-14(2)3)17(24-20)10-11-18(29)23-15-8-6-7-9-16(15)28/h6-9,14,28H,4-5,10-13H2,1-3H3,(H,23,29)(H,25,30,31). The normalized spacial score (nSPS) is 11.4. The summed E-state index contributed by atoms with van der Waals surface area (Å²) in [5, 5.41) is 12.5. The van der Waals surface area contributed by atoms with Gasteiger partial charge in [0.1, 0.15) is 11.6 Å². The van der Waals surface area contributed by atoms with E-state index in [9.17, 15) is 19.5 Å². The van der Waals surface area contributed by atoms with Gasteiger partial charge in [0.25, 0.3) is 5.56 Å². The van der Waals surface area contributed by atoms with Gasteiger partial charge in [0.2, 0.25) is 5.91 Å². The molecule has 0 atom stereocenters. The molecule has 0 aliphatic carbocycles. The number of anilines is 1. The van der Waals surface area contributed by atoms with Crippen molar-refractivity contribution in [2.24, 2.45) is 5.92 Å². The van der Waals surface area contributed by atoms with Gasteiger partial charge in [0, 0.05) is 25.9 Å². The number of phenols is 1. The molecular weight excluding hydrogens is 398 g/mol. The molecule has 166 valence electrons. The van der Waals surface area contributed by atoms with Crippen molar-refractivity contribution in [3.05, 3.63) is 50.9 Å². The Hall–Kier alpha value is -3.36. The van der Waals surface area contributed by atoms with Gasteiger partial charge < -0.3 is 15.0 Å². The summed E-state index contributed by atoms with van der Waals surface area (Å²) in [6, 6.07) is 6.51. The monoisotopic (exact) mass is 427 g/mol. The Balaban J connectivity index is 1.94. The summed E-state index contributed by atoms with van der Waals surface area (Å²) in [5.74, 6) is 0.537. The topological polar surface area (TPSA) is 122 Å². The maximum absolute atomic E-state index is 12.6. The lowest BCUT2D eigenvalue weighted by atomic mass is 10.2. The van der Waals surface area contributed by atoms with Crippen LogP contribution in [0.4, 0.5) is 5.69 Å². The third kappa shape index (κ3) is 5.04. The van der Waals surface area contributed by atoms with Crippen LogP contribution in [0.25, 0.3) is 11.2 Å². The third-order valence-corrected chi connectivity index (χ3v) is 5.00. The number of aryl methyl sites for hydroxylation is 2. The Kier molecular flexibility index (Phi) is 6.94. The largest absolute Gasteiger partial charge is 0.506 e. The lowest BCUT2D eigenvalue weighted by Gasteiger charge is -2.12. The van der Waals surface area contributed by atoms with Crippen molar-refractivity contribution < 1.29 is 9.90 Å². The van der Waals surface area contributed by atoms with E-state index < -0.39 is 11.2 Å². The summed E-state index contributed by atoms with van der Waals surface area (Å²) in [4.78, 5) is 44.4. The zero-order valence-corrected chi connectivity index (χ0v) is 18.1. The average molecular weight is 428 g/mol. The molecule has 2 aromatic heterocycles. The predicted molar refractivity (Wildman–Crippen MR) is 119 cm³/mol. The van der Waals surface area contributed by atoms with Crippen molar-refractivity contribution in [3.63, 3.8) is 0 Å². The average Bonchev–Trinajstić information content (AvgIpc) is 3.06. The van der Waals surface area contributed by atoms with E-state index in [1.807, 2.05) is 25.3 Å². The van der Waals surface area contributed by atoms with Gasteiger partial charge in [-0.15, -0.1) is 0 Å². The van der Waals surface area contributed by atoms with E-state index in [0.29, 0.717) is 42.2 Å². The number of phenolic OH excluding ortho intramolecular Hbond substituents is 1. The van der Waals surface area contributed by atoms with Gasteiger partial charge in [-0.3, -0.25) is 19.1 Å². The minimum absolute atomic E-state index is 0.00521. The summed E-state index contributed by atoms with van der Waals surface area (Å²) >= 11 is 0. The lowest BCUT2D eigenvalue weighted by molar-refractivity contribution is -0.116. The smallest absolute Gasteiger partial charge is 0.330 e. The highest BCUT2D eigenvalue weighted by atomic mass is 16.3. The zero-order valence-electron chi connectivity index (χ0n) is 18.1. The van der Waals surface area contributed by atoms with Crippen LogP contribution in [0.2, 0.25) is 0 Å². The second kappa shape index (κ2) is 9.63. The van der Waals surface area contributed by atoms with Crippen molar-refractivity contribution in [3.8, 4) is 5.75 Å². The van der Waals surface area contributed by atoms with Crippen molar-refractivity contribution in [1.82, 2.24) is 19.1 Å². The maximum Gasteiger partial charge on any atom is 0.330 e. The number of rotatable bonds is 9. The summed E-state index contributed by atoms with van der Waals surface area (Å²) in [5.41, 5.74) is 0.127. The van der Waals surface area contributed by atoms with Gasteiger partial charge in [-0.2, -0.15) is 0 Å². The van der Waals surface area contributed by atoms with E-state index in [1.54, 1.807) is 18.2 Å². The second-order valence-electron chi connectivity index (χ2n) is 8.03. The number of aromatic hydroxyl groups is 1. The highest BCUT2D eigenvalue weighted by Crippen LogP contribution is 2.22. The molecule has 0 aliphatic rings. The molecule has 9 nitrogen and oxygen atoms in total. The molecule has 1 amide bonds. The molecule has 1 aromatic carbocycles. The van der Waals surface area contributed by atoms with Gasteiger partial charge in [-0.05, 0) is 24.5 Å². The van der Waals surface area contributed by atoms with Crippen LogP contribution < -0.4 is 16.6 Å². The molecule has 2 heterocycles. The van der Waals surface area contributed by atoms with Crippen LogP contribution >= 0.6 is 0 Å². The Morgan fingerprint density at radius 2 is 1.97 bits per heavy atom. The van der Waals surface area contributed by atoms with Crippen LogP contribution in [-0.4, -0.2) is 30.1 Å². The number of carbonyl (C=O) groups excluding carboxylic acids is 1. The number of nitrogens with zero attached hydrogens (tertiary/aromatic N) is 3. The first-order valence-electron chi connectivity index (χ1n) is 10.6. The number of hydrogen-bond donors (Lipinski definition) is 3. The number of benzene rings is 1. The van der Waals surface area contributed by atoms with Gasteiger partial charge in [0.15, 0.2) is 11.2 Å². The number of unbranched alkanes of at least 4 members (excludes halogenated alkanes) is 1. The summed E-state index contributed by atoms with van der Waals surface area (Å²) < 4.78 is 3.32. The van der Waals surface area contributed by atoms with Crippen LogP contribution in [-0.2, 0) is 24.3 Å². The number of imidazole rings is 1. The summed E-state index contributed by atoms with van der Waals surface area (Å²) in [6.07, 6.45) is 2.10. The molecule has 0 unspecified atom stereocenters. The van der Waals surface area contributed by atoms with Gasteiger partial charge in [0.05, 0.1) is 5.69 Å². The number of hydrogen-bond acceptors (Lipinski definition) is 5. The maximum atomic E-state index is 12.6. The quantitative estimate of drug-likeness (QED) is 0.453. The molecule has 0 saturated carbocycles. The van der Waals surface area contributed by atoms with Crippen molar-refractivity contribution in [2.45, 2.75) is 59.5 Å². The van der Waals surface area contributed by atoms with Gasteiger partial charge in [-0.1, -0.05) is 39.3 Å². The van der Waals surface area contributed by atoms with Crippen molar-refractivity contribution in [1.29, 1.82) is 0 Å².